The van der Waals surface area contributed by atoms with Crippen molar-refractivity contribution in [3.05, 3.63) is 170 Å². The van der Waals surface area contributed by atoms with Crippen LogP contribution in [0.15, 0.2) is 159 Å². The molecule has 0 radical (unpaired) electrons. The minimum Gasteiger partial charge on any atom is -0.264 e. The highest BCUT2D eigenvalue weighted by molar-refractivity contribution is 5.88. The Bertz CT molecular complexity index is 1870. The molecule has 2 aromatic heterocycles. The van der Waals surface area contributed by atoms with E-state index in [1.54, 1.807) is 12.3 Å². The van der Waals surface area contributed by atoms with E-state index in [1.807, 2.05) is 48.7 Å². The van der Waals surface area contributed by atoms with Gasteiger partial charge in [0.05, 0.1) is 11.4 Å². The number of aromatic nitrogens is 3. The number of fused-ring (bicyclic) bond motifs is 1. The number of nitrogens with zero attached hydrogens (tertiary/aromatic N) is 3. The molecule has 2 heterocycles. The number of pyridine rings is 1. The van der Waals surface area contributed by atoms with Gasteiger partial charge in [0.15, 0.2) is 5.82 Å². The zero-order chi connectivity index (χ0) is 27.9. The van der Waals surface area contributed by atoms with E-state index < -0.39 is 0 Å². The first-order chi connectivity index (χ1) is 20.3. The molecule has 41 heavy (non-hydrogen) atoms. The van der Waals surface area contributed by atoms with Gasteiger partial charge in [0.2, 0.25) is 0 Å². The van der Waals surface area contributed by atoms with Gasteiger partial charge < -0.3 is 0 Å². The fraction of sp³-hybridized carbons (Fsp3) is 0.0263. The van der Waals surface area contributed by atoms with Crippen LogP contribution in [-0.2, 0) is 6.42 Å². The van der Waals surface area contributed by atoms with Crippen LogP contribution in [0, 0.1) is 0 Å². The molecule has 0 atom stereocenters. The van der Waals surface area contributed by atoms with Crippen molar-refractivity contribution in [3.8, 4) is 33.8 Å². The average molecular weight is 528 g/mol. The smallest absolute Gasteiger partial charge is 0.160 e. The molecule has 0 aliphatic rings. The van der Waals surface area contributed by atoms with Gasteiger partial charge in [-0.1, -0.05) is 122 Å². The molecule has 6 aromatic rings. The van der Waals surface area contributed by atoms with Crippen LogP contribution < -0.4 is 0 Å². The third kappa shape index (κ3) is 6.10. The second-order valence-corrected chi connectivity index (χ2v) is 9.80. The molecule has 0 amide bonds. The number of hydrogen-bond acceptors (Lipinski definition) is 3. The first-order valence-corrected chi connectivity index (χ1v) is 13.7. The highest BCUT2D eigenvalue weighted by atomic mass is 14.9. The molecule has 0 saturated carbocycles. The Balaban J connectivity index is 1.42. The Morgan fingerprint density at radius 3 is 2.27 bits per heavy atom. The van der Waals surface area contributed by atoms with Crippen molar-refractivity contribution < 1.29 is 0 Å². The summed E-state index contributed by atoms with van der Waals surface area (Å²) in [6.07, 6.45) is 12.5. The van der Waals surface area contributed by atoms with Crippen molar-refractivity contribution in [1.29, 1.82) is 0 Å². The van der Waals surface area contributed by atoms with Crippen molar-refractivity contribution in [1.82, 2.24) is 15.0 Å². The van der Waals surface area contributed by atoms with Crippen molar-refractivity contribution >= 4 is 16.3 Å². The normalized spacial score (nSPS) is 11.7. The Morgan fingerprint density at radius 2 is 1.44 bits per heavy atom. The van der Waals surface area contributed by atoms with Gasteiger partial charge in [-0.05, 0) is 63.7 Å². The molecule has 0 bridgehead atoms. The molecule has 4 aromatic carbocycles. The number of hydrogen-bond donors (Lipinski definition) is 0. The number of allylic oxidation sites excluding steroid dienone is 5. The molecule has 196 valence electrons. The average Bonchev–Trinajstić information content (AvgIpc) is 3.05. The lowest BCUT2D eigenvalue weighted by molar-refractivity contribution is 1.15. The first kappa shape index (κ1) is 25.8. The minimum absolute atomic E-state index is 0.685. The summed E-state index contributed by atoms with van der Waals surface area (Å²) >= 11 is 0. The molecule has 3 nitrogen and oxygen atoms in total. The van der Waals surface area contributed by atoms with Gasteiger partial charge in [-0.15, -0.1) is 0 Å². The molecule has 0 fully saturated rings. The molecule has 6 rings (SSSR count). The summed E-state index contributed by atoms with van der Waals surface area (Å²) in [7, 11) is 0. The van der Waals surface area contributed by atoms with Gasteiger partial charge in [0.25, 0.3) is 0 Å². The molecular formula is C38H29N3. The van der Waals surface area contributed by atoms with Gasteiger partial charge >= 0.3 is 0 Å². The summed E-state index contributed by atoms with van der Waals surface area (Å²) in [5.74, 6) is 0.685. The monoisotopic (exact) mass is 527 g/mol. The van der Waals surface area contributed by atoms with E-state index in [-0.39, 0.29) is 0 Å². The molecule has 0 aliphatic carbocycles. The predicted molar refractivity (Wildman–Crippen MR) is 171 cm³/mol. The Morgan fingerprint density at radius 1 is 0.659 bits per heavy atom. The standard InChI is InChI=1S/C38H29N3/c1-2-11-30(18-8-12-28-13-10-23-39-27-28)36-26-37(41-38(40-36)31-15-4-3-5-16-31)35-20-9-19-33(25-35)34-22-21-29-14-6-7-17-32(29)24-34/h2-11,13-27H,1,12H2/b18-8-,30-11+. The highest BCUT2D eigenvalue weighted by Gasteiger charge is 2.12. The van der Waals surface area contributed by atoms with Gasteiger partial charge in [-0.2, -0.15) is 0 Å². The van der Waals surface area contributed by atoms with Crippen LogP contribution in [0.4, 0.5) is 0 Å². The number of benzene rings is 4. The van der Waals surface area contributed by atoms with E-state index in [2.05, 4.69) is 103 Å². The maximum Gasteiger partial charge on any atom is 0.160 e. The van der Waals surface area contributed by atoms with Gasteiger partial charge in [-0.3, -0.25) is 4.98 Å². The summed E-state index contributed by atoms with van der Waals surface area (Å²) in [4.78, 5) is 14.3. The SMILES string of the molecule is C=C/C=C(\C=C/Cc1cccnc1)c1cc(-c2cccc(-c3ccc4ccccc4c3)c2)nc(-c2ccccc2)n1. The van der Waals surface area contributed by atoms with Crippen LogP contribution in [0.2, 0.25) is 0 Å². The van der Waals surface area contributed by atoms with Gasteiger partial charge in [-0.25, -0.2) is 9.97 Å². The van der Waals surface area contributed by atoms with Crippen molar-refractivity contribution in [3.63, 3.8) is 0 Å². The van der Waals surface area contributed by atoms with Crippen molar-refractivity contribution in [2.75, 3.05) is 0 Å². The van der Waals surface area contributed by atoms with Crippen LogP contribution in [0.5, 0.6) is 0 Å². The second kappa shape index (κ2) is 12.2. The van der Waals surface area contributed by atoms with Crippen LogP contribution in [0.3, 0.4) is 0 Å². The fourth-order valence-corrected chi connectivity index (χ4v) is 4.88. The summed E-state index contributed by atoms with van der Waals surface area (Å²) in [5.41, 5.74) is 8.16. The topological polar surface area (TPSA) is 38.7 Å². The van der Waals surface area contributed by atoms with Crippen LogP contribution >= 0.6 is 0 Å². The van der Waals surface area contributed by atoms with Gasteiger partial charge in [0, 0.05) is 23.5 Å². The molecule has 0 N–H and O–H groups in total. The Labute approximate surface area is 240 Å². The van der Waals surface area contributed by atoms with E-state index in [1.165, 1.54) is 16.3 Å². The lowest BCUT2D eigenvalue weighted by Crippen LogP contribution is -1.98. The van der Waals surface area contributed by atoms with Crippen molar-refractivity contribution in [2.45, 2.75) is 6.42 Å². The van der Waals surface area contributed by atoms with Crippen LogP contribution in [-0.4, -0.2) is 15.0 Å². The zero-order valence-electron chi connectivity index (χ0n) is 22.7. The quantitative estimate of drug-likeness (QED) is 0.185. The molecule has 0 aliphatic heterocycles. The lowest BCUT2D eigenvalue weighted by atomic mass is 9.98. The lowest BCUT2D eigenvalue weighted by Gasteiger charge is -2.11. The minimum atomic E-state index is 0.685. The van der Waals surface area contributed by atoms with Crippen molar-refractivity contribution in [2.24, 2.45) is 0 Å². The summed E-state index contributed by atoms with van der Waals surface area (Å²) < 4.78 is 0. The molecule has 3 heteroatoms. The fourth-order valence-electron chi connectivity index (χ4n) is 4.88. The van der Waals surface area contributed by atoms with Gasteiger partial charge in [0.1, 0.15) is 0 Å². The second-order valence-electron chi connectivity index (χ2n) is 9.80. The number of rotatable bonds is 8. The van der Waals surface area contributed by atoms with E-state index in [4.69, 9.17) is 9.97 Å². The molecular weight excluding hydrogens is 498 g/mol. The Kier molecular flexibility index (Phi) is 7.68. The molecule has 0 saturated heterocycles. The van der Waals surface area contributed by atoms with E-state index in [0.29, 0.717) is 5.82 Å². The molecule has 0 spiro atoms. The Hall–Kier alpha value is -5.41. The maximum absolute atomic E-state index is 5.03. The van der Waals surface area contributed by atoms with E-state index in [0.717, 1.165) is 45.6 Å². The first-order valence-electron chi connectivity index (χ1n) is 13.7. The third-order valence-electron chi connectivity index (χ3n) is 6.97. The zero-order valence-corrected chi connectivity index (χ0v) is 22.7. The van der Waals surface area contributed by atoms with Crippen LogP contribution in [0.25, 0.3) is 50.1 Å². The highest BCUT2D eigenvalue weighted by Crippen LogP contribution is 2.30. The maximum atomic E-state index is 5.03. The largest absolute Gasteiger partial charge is 0.264 e. The van der Waals surface area contributed by atoms with E-state index >= 15 is 0 Å². The summed E-state index contributed by atoms with van der Waals surface area (Å²) in [6.45, 7) is 3.96. The predicted octanol–water partition coefficient (Wildman–Crippen LogP) is 9.39. The molecule has 0 unspecified atom stereocenters. The third-order valence-corrected chi connectivity index (χ3v) is 6.97. The summed E-state index contributed by atoms with van der Waals surface area (Å²) in [5, 5.41) is 2.46. The van der Waals surface area contributed by atoms with E-state index in [9.17, 15) is 0 Å². The summed E-state index contributed by atoms with van der Waals surface area (Å²) in [6, 6.07) is 39.8. The van der Waals surface area contributed by atoms with Crippen LogP contribution in [0.1, 0.15) is 11.3 Å².